The Labute approximate surface area is 153 Å². The Hall–Kier alpha value is -2.05. The zero-order chi connectivity index (χ0) is 18.1. The Morgan fingerprint density at radius 1 is 1.20 bits per heavy atom. The van der Waals surface area contributed by atoms with Gasteiger partial charge in [0.05, 0.1) is 18.8 Å². The average Bonchev–Trinajstić information content (AvgIpc) is 3.10. The van der Waals surface area contributed by atoms with Crippen LogP contribution in [0.3, 0.4) is 0 Å². The predicted octanol–water partition coefficient (Wildman–Crippen LogP) is 3.32. The maximum Gasteiger partial charge on any atom is 0.191 e. The third-order valence-electron chi connectivity index (χ3n) is 3.42. The molecule has 1 unspecified atom stereocenters. The highest BCUT2D eigenvalue weighted by atomic mass is 32.1. The van der Waals surface area contributed by atoms with E-state index in [0.717, 1.165) is 17.9 Å². The molecule has 0 radical (unpaired) electrons. The minimum Gasteiger partial charge on any atom is -0.491 e. The van der Waals surface area contributed by atoms with Crippen molar-refractivity contribution in [3.8, 4) is 5.75 Å². The lowest BCUT2D eigenvalue weighted by atomic mass is 10.1. The molecule has 0 saturated carbocycles. The van der Waals surface area contributed by atoms with Gasteiger partial charge in [0.1, 0.15) is 5.75 Å². The Bertz CT molecular complexity index is 639. The quantitative estimate of drug-likeness (QED) is 0.498. The number of aliphatic hydroxyl groups is 1. The normalized spacial score (nSPS) is 12.9. The fourth-order valence-electron chi connectivity index (χ4n) is 2.25. The number of benzene rings is 1. The van der Waals surface area contributed by atoms with Crippen LogP contribution in [0.2, 0.25) is 0 Å². The van der Waals surface area contributed by atoms with Crippen LogP contribution in [0.1, 0.15) is 37.3 Å². The third-order valence-corrected chi connectivity index (χ3v) is 4.28. The minimum atomic E-state index is -0.612. The van der Waals surface area contributed by atoms with Crippen LogP contribution in [-0.2, 0) is 6.54 Å². The standard InChI is InChI=1S/C19H27N3O2S/c1-4-20-19(21-12-17-6-5-11-25-17)22-13-18(23)15-7-9-16(10-8-15)24-14(2)3/h5-11,14,18,23H,4,12-13H2,1-3H3,(H2,20,21,22). The van der Waals surface area contributed by atoms with Crippen LogP contribution in [0, 0.1) is 0 Å². The molecule has 0 spiro atoms. The first-order valence-electron chi connectivity index (χ1n) is 8.57. The molecule has 0 saturated heterocycles. The zero-order valence-corrected chi connectivity index (χ0v) is 15.8. The van der Waals surface area contributed by atoms with E-state index in [4.69, 9.17) is 4.74 Å². The number of nitrogens with zero attached hydrogens (tertiary/aromatic N) is 1. The molecule has 3 N–H and O–H groups in total. The molecule has 0 bridgehead atoms. The first-order valence-corrected chi connectivity index (χ1v) is 9.45. The highest BCUT2D eigenvalue weighted by Crippen LogP contribution is 2.18. The second kappa shape index (κ2) is 10.1. The van der Waals surface area contributed by atoms with Gasteiger partial charge in [-0.15, -0.1) is 11.3 Å². The van der Waals surface area contributed by atoms with E-state index in [1.165, 1.54) is 4.88 Å². The summed E-state index contributed by atoms with van der Waals surface area (Å²) in [6.07, 6.45) is -0.474. The van der Waals surface area contributed by atoms with Gasteiger partial charge in [0.25, 0.3) is 0 Å². The van der Waals surface area contributed by atoms with E-state index in [2.05, 4.69) is 21.7 Å². The molecule has 1 aromatic heterocycles. The number of rotatable bonds is 8. The lowest BCUT2D eigenvalue weighted by Gasteiger charge is -2.16. The summed E-state index contributed by atoms with van der Waals surface area (Å²) in [5.74, 6) is 1.51. The molecule has 1 atom stereocenters. The molecule has 1 heterocycles. The maximum absolute atomic E-state index is 10.4. The first-order chi connectivity index (χ1) is 12.1. The summed E-state index contributed by atoms with van der Waals surface area (Å²) >= 11 is 1.69. The van der Waals surface area contributed by atoms with Crippen molar-refractivity contribution in [3.63, 3.8) is 0 Å². The SMILES string of the molecule is CCNC(=NCc1cccs1)NCC(O)c1ccc(OC(C)C)cc1. The summed E-state index contributed by atoms with van der Waals surface area (Å²) in [4.78, 5) is 5.75. The average molecular weight is 362 g/mol. The van der Waals surface area contributed by atoms with Crippen LogP contribution in [0.25, 0.3) is 0 Å². The number of aliphatic hydroxyl groups excluding tert-OH is 1. The molecule has 0 fully saturated rings. The Morgan fingerprint density at radius 3 is 2.56 bits per heavy atom. The monoisotopic (exact) mass is 361 g/mol. The number of guanidine groups is 1. The van der Waals surface area contributed by atoms with Gasteiger partial charge in [-0.2, -0.15) is 0 Å². The van der Waals surface area contributed by atoms with Crippen molar-refractivity contribution in [1.29, 1.82) is 0 Å². The molecule has 1 aromatic carbocycles. The van der Waals surface area contributed by atoms with Crippen LogP contribution in [0.5, 0.6) is 5.75 Å². The van der Waals surface area contributed by atoms with Crippen molar-refractivity contribution in [2.24, 2.45) is 4.99 Å². The van der Waals surface area contributed by atoms with Gasteiger partial charge in [0, 0.05) is 18.0 Å². The van der Waals surface area contributed by atoms with Gasteiger partial charge < -0.3 is 20.5 Å². The lowest BCUT2D eigenvalue weighted by Crippen LogP contribution is -2.39. The minimum absolute atomic E-state index is 0.139. The van der Waals surface area contributed by atoms with Crippen LogP contribution >= 0.6 is 11.3 Å². The summed E-state index contributed by atoms with van der Waals surface area (Å²) in [7, 11) is 0. The van der Waals surface area contributed by atoms with Crippen molar-refractivity contribution in [2.45, 2.75) is 39.5 Å². The molecule has 5 nitrogen and oxygen atoms in total. The number of aliphatic imine (C=N–C) groups is 1. The Balaban J connectivity index is 1.89. The largest absolute Gasteiger partial charge is 0.491 e. The van der Waals surface area contributed by atoms with E-state index in [9.17, 15) is 5.11 Å². The summed E-state index contributed by atoms with van der Waals surface area (Å²) in [6, 6.07) is 11.6. The molecule has 25 heavy (non-hydrogen) atoms. The van der Waals surface area contributed by atoms with Gasteiger partial charge in [-0.25, -0.2) is 4.99 Å². The molecule has 2 aromatic rings. The molecule has 0 aliphatic rings. The van der Waals surface area contributed by atoms with Crippen LogP contribution in [0.4, 0.5) is 0 Å². The highest BCUT2D eigenvalue weighted by molar-refractivity contribution is 7.09. The molecule has 6 heteroatoms. The van der Waals surface area contributed by atoms with Gasteiger partial charge >= 0.3 is 0 Å². The van der Waals surface area contributed by atoms with E-state index in [1.807, 2.05) is 56.5 Å². The summed E-state index contributed by atoms with van der Waals surface area (Å²) < 4.78 is 5.62. The van der Waals surface area contributed by atoms with Crippen molar-refractivity contribution in [1.82, 2.24) is 10.6 Å². The summed E-state index contributed by atoms with van der Waals surface area (Å²) in [5.41, 5.74) is 0.845. The Morgan fingerprint density at radius 2 is 1.96 bits per heavy atom. The van der Waals surface area contributed by atoms with E-state index < -0.39 is 6.10 Å². The van der Waals surface area contributed by atoms with Gasteiger partial charge in [-0.05, 0) is 49.9 Å². The fraction of sp³-hybridized carbons (Fsp3) is 0.421. The van der Waals surface area contributed by atoms with Crippen molar-refractivity contribution >= 4 is 17.3 Å². The van der Waals surface area contributed by atoms with Crippen LogP contribution < -0.4 is 15.4 Å². The van der Waals surface area contributed by atoms with E-state index in [1.54, 1.807) is 11.3 Å². The molecule has 0 aliphatic heterocycles. The van der Waals surface area contributed by atoms with E-state index in [-0.39, 0.29) is 6.10 Å². The van der Waals surface area contributed by atoms with Gasteiger partial charge in [-0.1, -0.05) is 18.2 Å². The molecule has 136 valence electrons. The maximum atomic E-state index is 10.4. The number of ether oxygens (including phenoxy) is 1. The first kappa shape index (κ1) is 19.3. The lowest BCUT2D eigenvalue weighted by molar-refractivity contribution is 0.180. The van der Waals surface area contributed by atoms with E-state index in [0.29, 0.717) is 19.0 Å². The van der Waals surface area contributed by atoms with Gasteiger partial charge in [0.2, 0.25) is 0 Å². The smallest absolute Gasteiger partial charge is 0.191 e. The zero-order valence-electron chi connectivity index (χ0n) is 15.0. The molecular formula is C19H27N3O2S. The Kier molecular flexibility index (Phi) is 7.76. The number of thiophene rings is 1. The fourth-order valence-corrected chi connectivity index (χ4v) is 2.88. The second-order valence-corrected chi connectivity index (χ2v) is 6.94. The van der Waals surface area contributed by atoms with Crippen LogP contribution in [0.15, 0.2) is 46.8 Å². The summed E-state index contributed by atoms with van der Waals surface area (Å²) in [6.45, 7) is 7.79. The van der Waals surface area contributed by atoms with Gasteiger partial charge in [0.15, 0.2) is 5.96 Å². The van der Waals surface area contributed by atoms with E-state index >= 15 is 0 Å². The second-order valence-electron chi connectivity index (χ2n) is 5.91. The third kappa shape index (κ3) is 6.76. The molecular weight excluding hydrogens is 334 g/mol. The number of nitrogens with one attached hydrogen (secondary N) is 2. The summed E-state index contributed by atoms with van der Waals surface area (Å²) in [5, 5.41) is 18.8. The van der Waals surface area contributed by atoms with Crippen molar-refractivity contribution in [2.75, 3.05) is 13.1 Å². The van der Waals surface area contributed by atoms with Crippen molar-refractivity contribution in [3.05, 3.63) is 52.2 Å². The van der Waals surface area contributed by atoms with Crippen molar-refractivity contribution < 1.29 is 9.84 Å². The number of hydrogen-bond donors (Lipinski definition) is 3. The molecule has 0 aliphatic carbocycles. The molecule has 0 amide bonds. The number of hydrogen-bond acceptors (Lipinski definition) is 4. The highest BCUT2D eigenvalue weighted by Gasteiger charge is 2.09. The van der Waals surface area contributed by atoms with Crippen LogP contribution in [-0.4, -0.2) is 30.3 Å². The predicted molar refractivity (Wildman–Crippen MR) is 104 cm³/mol. The topological polar surface area (TPSA) is 65.9 Å². The van der Waals surface area contributed by atoms with Gasteiger partial charge in [-0.3, -0.25) is 0 Å². The molecule has 2 rings (SSSR count).